The quantitative estimate of drug-likeness (QED) is 0.818. The van der Waals surface area contributed by atoms with Crippen molar-refractivity contribution in [2.24, 2.45) is 0 Å². The molecule has 1 heterocycles. The zero-order chi connectivity index (χ0) is 17.7. The molecule has 1 aromatic carbocycles. The van der Waals surface area contributed by atoms with Crippen molar-refractivity contribution in [1.29, 1.82) is 0 Å². The number of hydrogen-bond acceptors (Lipinski definition) is 4. The molecule has 0 fully saturated rings. The van der Waals surface area contributed by atoms with Gasteiger partial charge in [0, 0.05) is 32.9 Å². The monoisotopic (exact) mass is 349 g/mol. The first-order valence-corrected chi connectivity index (χ1v) is 8.68. The largest absolute Gasteiger partial charge is 0.350 e. The van der Waals surface area contributed by atoms with Gasteiger partial charge in [0.2, 0.25) is 15.9 Å². The van der Waals surface area contributed by atoms with Gasteiger partial charge in [0.25, 0.3) is 5.56 Å². The maximum absolute atomic E-state index is 12.1. The van der Waals surface area contributed by atoms with Gasteiger partial charge in [-0.1, -0.05) is 30.3 Å². The molecule has 0 unspecified atom stereocenters. The van der Waals surface area contributed by atoms with Crippen LogP contribution in [-0.4, -0.2) is 37.3 Å². The van der Waals surface area contributed by atoms with Crippen molar-refractivity contribution in [1.82, 2.24) is 14.2 Å². The van der Waals surface area contributed by atoms with Crippen molar-refractivity contribution in [3.63, 3.8) is 0 Å². The van der Waals surface area contributed by atoms with E-state index < -0.39 is 15.6 Å². The Morgan fingerprint density at radius 2 is 1.79 bits per heavy atom. The van der Waals surface area contributed by atoms with Gasteiger partial charge in [0.05, 0.1) is 4.90 Å². The van der Waals surface area contributed by atoms with Crippen LogP contribution in [0, 0.1) is 0 Å². The normalized spacial score (nSPS) is 11.5. The number of hydrogen-bond donors (Lipinski definition) is 1. The maximum atomic E-state index is 12.1. The smallest absolute Gasteiger partial charge is 0.251 e. The lowest BCUT2D eigenvalue weighted by Crippen LogP contribution is -2.32. The van der Waals surface area contributed by atoms with Crippen LogP contribution in [0.25, 0.3) is 0 Å². The molecular formula is C16H19N3O4S. The van der Waals surface area contributed by atoms with Crippen molar-refractivity contribution in [3.8, 4) is 0 Å². The highest BCUT2D eigenvalue weighted by Crippen LogP contribution is 2.10. The first kappa shape index (κ1) is 17.9. The van der Waals surface area contributed by atoms with Crippen molar-refractivity contribution >= 4 is 15.9 Å². The van der Waals surface area contributed by atoms with Gasteiger partial charge < -0.3 is 9.88 Å². The zero-order valence-corrected chi connectivity index (χ0v) is 14.3. The number of aromatic nitrogens is 1. The number of amides is 1. The van der Waals surface area contributed by atoms with E-state index in [9.17, 15) is 18.0 Å². The van der Waals surface area contributed by atoms with Crippen molar-refractivity contribution in [2.45, 2.75) is 18.0 Å². The first-order chi connectivity index (χ1) is 11.3. The van der Waals surface area contributed by atoms with Crippen molar-refractivity contribution < 1.29 is 13.2 Å². The summed E-state index contributed by atoms with van der Waals surface area (Å²) in [6, 6.07) is 11.7. The molecule has 0 saturated carbocycles. The topological polar surface area (TPSA) is 88.5 Å². The highest BCUT2D eigenvalue weighted by atomic mass is 32.2. The Morgan fingerprint density at radius 3 is 2.42 bits per heavy atom. The Kier molecular flexibility index (Phi) is 5.53. The molecule has 128 valence electrons. The number of nitrogens with zero attached hydrogens (tertiary/aromatic N) is 2. The summed E-state index contributed by atoms with van der Waals surface area (Å²) in [4.78, 5) is 23.8. The van der Waals surface area contributed by atoms with Gasteiger partial charge in [-0.3, -0.25) is 9.59 Å². The lowest BCUT2D eigenvalue weighted by atomic mass is 10.2. The van der Waals surface area contributed by atoms with E-state index in [2.05, 4.69) is 5.32 Å². The Bertz CT molecular complexity index is 874. The summed E-state index contributed by atoms with van der Waals surface area (Å²) in [5.41, 5.74) is 0.490. The van der Waals surface area contributed by atoms with Gasteiger partial charge in [-0.15, -0.1) is 0 Å². The molecule has 0 aliphatic carbocycles. The van der Waals surface area contributed by atoms with Crippen LogP contribution in [0.1, 0.15) is 5.56 Å². The second-order valence-corrected chi connectivity index (χ2v) is 7.53. The molecule has 0 aliphatic rings. The highest BCUT2D eigenvalue weighted by molar-refractivity contribution is 7.89. The molecule has 0 atom stereocenters. The van der Waals surface area contributed by atoms with Gasteiger partial charge in [0.15, 0.2) is 0 Å². The predicted molar refractivity (Wildman–Crippen MR) is 89.9 cm³/mol. The molecule has 1 aromatic heterocycles. The van der Waals surface area contributed by atoms with Crippen LogP contribution in [0.4, 0.5) is 0 Å². The minimum atomic E-state index is -3.67. The van der Waals surface area contributed by atoms with Crippen LogP contribution < -0.4 is 10.9 Å². The molecule has 24 heavy (non-hydrogen) atoms. The lowest BCUT2D eigenvalue weighted by molar-refractivity contribution is -0.121. The molecular weight excluding hydrogens is 330 g/mol. The fraction of sp³-hybridized carbons (Fsp3) is 0.250. The number of rotatable bonds is 6. The van der Waals surface area contributed by atoms with Crippen LogP contribution in [0.3, 0.4) is 0 Å². The van der Waals surface area contributed by atoms with Crippen LogP contribution in [0.5, 0.6) is 0 Å². The summed E-state index contributed by atoms with van der Waals surface area (Å²) in [6.45, 7) is 0.0898. The zero-order valence-electron chi connectivity index (χ0n) is 13.5. The van der Waals surface area contributed by atoms with E-state index in [0.717, 1.165) is 20.5 Å². The third-order valence-electron chi connectivity index (χ3n) is 3.38. The average molecular weight is 349 g/mol. The molecule has 0 spiro atoms. The number of sulfonamides is 1. The molecule has 7 nitrogen and oxygen atoms in total. The van der Waals surface area contributed by atoms with E-state index >= 15 is 0 Å². The summed E-state index contributed by atoms with van der Waals surface area (Å²) in [5.74, 6) is -0.375. The summed E-state index contributed by atoms with van der Waals surface area (Å²) in [6.07, 6.45) is 1.18. The van der Waals surface area contributed by atoms with E-state index in [4.69, 9.17) is 0 Å². The summed E-state index contributed by atoms with van der Waals surface area (Å²) < 4.78 is 26.3. The number of pyridine rings is 1. The fourth-order valence-electron chi connectivity index (χ4n) is 2.00. The third-order valence-corrected chi connectivity index (χ3v) is 5.18. The van der Waals surface area contributed by atoms with Gasteiger partial charge in [-0.25, -0.2) is 12.7 Å². The Balaban J connectivity index is 2.12. The molecule has 2 rings (SSSR count). The molecule has 1 N–H and O–H groups in total. The fourth-order valence-corrected chi connectivity index (χ4v) is 2.93. The molecule has 1 amide bonds. The first-order valence-electron chi connectivity index (χ1n) is 7.24. The molecule has 0 saturated heterocycles. The molecule has 0 bridgehead atoms. The SMILES string of the molecule is CN(C)S(=O)(=O)c1ccc(=O)n(CC(=O)NCc2ccccc2)c1. The molecule has 8 heteroatoms. The van der Waals surface area contributed by atoms with Crippen LogP contribution >= 0.6 is 0 Å². The third kappa shape index (κ3) is 4.30. The lowest BCUT2D eigenvalue weighted by Gasteiger charge is -2.13. The van der Waals surface area contributed by atoms with Gasteiger partial charge in [-0.05, 0) is 11.6 Å². The predicted octanol–water partition coefficient (Wildman–Crippen LogP) is 0.415. The Hall–Kier alpha value is -2.45. The van der Waals surface area contributed by atoms with E-state index in [-0.39, 0.29) is 17.3 Å². The molecule has 2 aromatic rings. The Morgan fingerprint density at radius 1 is 1.12 bits per heavy atom. The summed E-state index contributed by atoms with van der Waals surface area (Å²) in [5, 5.41) is 2.70. The second kappa shape index (κ2) is 7.41. The van der Waals surface area contributed by atoms with Gasteiger partial charge in [-0.2, -0.15) is 0 Å². The standard InChI is InChI=1S/C16H19N3O4S/c1-18(2)24(22,23)14-8-9-16(21)19(11-14)12-15(20)17-10-13-6-4-3-5-7-13/h3-9,11H,10,12H2,1-2H3,(H,17,20). The summed E-state index contributed by atoms with van der Waals surface area (Å²) >= 11 is 0. The Labute approximate surface area is 140 Å². The van der Waals surface area contributed by atoms with E-state index in [1.807, 2.05) is 30.3 Å². The van der Waals surface area contributed by atoms with Crippen LogP contribution in [0.15, 0.2) is 58.4 Å². The van der Waals surface area contributed by atoms with Crippen LogP contribution in [-0.2, 0) is 27.9 Å². The number of carbonyl (C=O) groups excluding carboxylic acids is 1. The average Bonchev–Trinajstić information content (AvgIpc) is 2.55. The second-order valence-electron chi connectivity index (χ2n) is 5.38. The minimum Gasteiger partial charge on any atom is -0.350 e. The maximum Gasteiger partial charge on any atom is 0.251 e. The molecule has 0 radical (unpaired) electrons. The van der Waals surface area contributed by atoms with Crippen molar-refractivity contribution in [2.75, 3.05) is 14.1 Å². The van der Waals surface area contributed by atoms with Gasteiger partial charge >= 0.3 is 0 Å². The number of benzene rings is 1. The molecule has 0 aliphatic heterocycles. The number of nitrogens with one attached hydrogen (secondary N) is 1. The van der Waals surface area contributed by atoms with E-state index in [1.54, 1.807) is 0 Å². The van der Waals surface area contributed by atoms with Crippen LogP contribution in [0.2, 0.25) is 0 Å². The minimum absolute atomic E-state index is 0.0389. The summed E-state index contributed by atoms with van der Waals surface area (Å²) in [7, 11) is -0.865. The number of carbonyl (C=O) groups is 1. The van der Waals surface area contributed by atoms with E-state index in [0.29, 0.717) is 6.54 Å². The van der Waals surface area contributed by atoms with E-state index in [1.165, 1.54) is 26.4 Å². The van der Waals surface area contributed by atoms with Crippen molar-refractivity contribution in [3.05, 3.63) is 64.6 Å². The van der Waals surface area contributed by atoms with Gasteiger partial charge in [0.1, 0.15) is 6.54 Å². The highest BCUT2D eigenvalue weighted by Gasteiger charge is 2.18.